The van der Waals surface area contributed by atoms with Gasteiger partial charge in [-0.05, 0) is 65.8 Å². The number of rotatable bonds is 1. The molecular formula is C30H26N3+. The highest BCUT2D eigenvalue weighted by Crippen LogP contribution is 2.43. The number of aromatic nitrogens is 2. The van der Waals surface area contributed by atoms with E-state index in [1.807, 2.05) is 6.07 Å². The van der Waals surface area contributed by atoms with Crippen molar-refractivity contribution in [3.63, 3.8) is 0 Å². The fourth-order valence-corrected chi connectivity index (χ4v) is 6.47. The lowest BCUT2D eigenvalue weighted by Crippen LogP contribution is -2.29. The summed E-state index contributed by atoms with van der Waals surface area (Å²) in [6, 6.07) is 17.9. The molecule has 3 aromatic carbocycles. The summed E-state index contributed by atoms with van der Waals surface area (Å²) in [5.74, 6) is 0.654. The number of pyridine rings is 2. The van der Waals surface area contributed by atoms with E-state index >= 15 is 0 Å². The molecule has 3 heteroatoms. The van der Waals surface area contributed by atoms with Crippen LogP contribution < -0.4 is 4.57 Å². The maximum atomic E-state index is 7.55. The number of fused-ring (bicyclic) bond motifs is 5. The summed E-state index contributed by atoms with van der Waals surface area (Å²) in [7, 11) is 2.17. The van der Waals surface area contributed by atoms with Gasteiger partial charge in [0.1, 0.15) is 7.05 Å². The number of hydrogen-bond donors (Lipinski definition) is 0. The van der Waals surface area contributed by atoms with Gasteiger partial charge in [0.25, 0.3) is 0 Å². The molecule has 3 aromatic heterocycles. The van der Waals surface area contributed by atoms with E-state index in [-0.39, 0.29) is 0 Å². The van der Waals surface area contributed by atoms with Crippen LogP contribution in [0.1, 0.15) is 49.1 Å². The summed E-state index contributed by atoms with van der Waals surface area (Å²) in [6.07, 6.45) is 8.86. The molecule has 33 heavy (non-hydrogen) atoms. The summed E-state index contributed by atoms with van der Waals surface area (Å²) in [5.41, 5.74) is 8.57. The quantitative estimate of drug-likeness (QED) is 0.110. The van der Waals surface area contributed by atoms with E-state index < -0.39 is 0 Å². The van der Waals surface area contributed by atoms with Gasteiger partial charge in [-0.1, -0.05) is 43.5 Å². The van der Waals surface area contributed by atoms with Crippen LogP contribution >= 0.6 is 0 Å². The van der Waals surface area contributed by atoms with E-state index in [1.54, 1.807) is 0 Å². The topological polar surface area (TPSA) is 12.6 Å². The Morgan fingerprint density at radius 1 is 0.909 bits per heavy atom. The van der Waals surface area contributed by atoms with Crippen molar-refractivity contribution in [3.05, 3.63) is 77.3 Å². The van der Waals surface area contributed by atoms with Gasteiger partial charge in [0, 0.05) is 11.5 Å². The van der Waals surface area contributed by atoms with E-state index in [2.05, 4.69) is 76.4 Å². The largest absolute Gasteiger partial charge is 0.308 e. The van der Waals surface area contributed by atoms with Crippen molar-refractivity contribution in [2.45, 2.75) is 44.9 Å². The second-order valence-corrected chi connectivity index (χ2v) is 9.92. The Morgan fingerprint density at radius 3 is 2.58 bits per heavy atom. The van der Waals surface area contributed by atoms with Crippen LogP contribution in [0.2, 0.25) is 0 Å². The highest BCUT2D eigenvalue weighted by atomic mass is 15.0. The third kappa shape index (κ3) is 2.47. The van der Waals surface area contributed by atoms with Crippen molar-refractivity contribution in [3.8, 4) is 0 Å². The number of aryl methyl sites for hydroxylation is 2. The van der Waals surface area contributed by atoms with Crippen LogP contribution in [-0.2, 0) is 7.05 Å². The zero-order valence-corrected chi connectivity index (χ0v) is 19.2. The fraction of sp³-hybridized carbons (Fsp3) is 0.267. The van der Waals surface area contributed by atoms with Gasteiger partial charge in [0.15, 0.2) is 11.9 Å². The number of hydrogen-bond acceptors (Lipinski definition) is 0. The van der Waals surface area contributed by atoms with Crippen LogP contribution in [0.15, 0.2) is 54.7 Å². The van der Waals surface area contributed by atoms with E-state index in [9.17, 15) is 0 Å². The fourth-order valence-electron chi connectivity index (χ4n) is 6.47. The molecule has 0 saturated heterocycles. The zero-order chi connectivity index (χ0) is 22.3. The first kappa shape index (κ1) is 18.9. The van der Waals surface area contributed by atoms with E-state index in [4.69, 9.17) is 6.57 Å². The van der Waals surface area contributed by atoms with Crippen molar-refractivity contribution in [2.24, 2.45) is 7.05 Å². The first-order chi connectivity index (χ1) is 16.2. The van der Waals surface area contributed by atoms with Gasteiger partial charge >= 0.3 is 0 Å². The lowest BCUT2D eigenvalue weighted by atomic mass is 9.83. The predicted octanol–water partition coefficient (Wildman–Crippen LogP) is 7.72. The van der Waals surface area contributed by atoms with Crippen LogP contribution in [0.5, 0.6) is 0 Å². The third-order valence-electron chi connectivity index (χ3n) is 8.04. The average Bonchev–Trinajstić information content (AvgIpc) is 3.18. The maximum Gasteiger partial charge on any atom is 0.224 e. The van der Waals surface area contributed by atoms with Crippen molar-refractivity contribution in [2.75, 3.05) is 0 Å². The Balaban J connectivity index is 1.77. The summed E-state index contributed by atoms with van der Waals surface area (Å²) < 4.78 is 4.78. The molecule has 3 nitrogen and oxygen atoms in total. The van der Waals surface area contributed by atoms with Crippen molar-refractivity contribution >= 4 is 54.7 Å². The third-order valence-corrected chi connectivity index (χ3v) is 8.04. The average molecular weight is 429 g/mol. The minimum atomic E-state index is 0.654. The second kappa shape index (κ2) is 6.68. The summed E-state index contributed by atoms with van der Waals surface area (Å²) >= 11 is 0. The molecule has 0 N–H and O–H groups in total. The smallest absolute Gasteiger partial charge is 0.224 e. The Hall–Kier alpha value is -3.64. The molecule has 0 radical (unpaired) electrons. The molecule has 1 fully saturated rings. The van der Waals surface area contributed by atoms with Gasteiger partial charge in [-0.15, -0.1) is 0 Å². The van der Waals surface area contributed by atoms with Gasteiger partial charge in [-0.25, -0.2) is 9.41 Å². The van der Waals surface area contributed by atoms with Gasteiger partial charge in [0.2, 0.25) is 5.52 Å². The van der Waals surface area contributed by atoms with Gasteiger partial charge in [-0.3, -0.25) is 0 Å². The SMILES string of the molecule is [C-]#[N+]c1ccc2c(c1)c1ccc(C)c3c1n2c1cc(C2CCCCC2)cc2cc[n+](C)c3c21. The van der Waals surface area contributed by atoms with E-state index in [0.29, 0.717) is 11.6 Å². The number of nitrogens with zero attached hydrogens (tertiary/aromatic N) is 3. The second-order valence-electron chi connectivity index (χ2n) is 9.92. The molecule has 6 aromatic rings. The first-order valence-corrected chi connectivity index (χ1v) is 12.1. The molecule has 160 valence electrons. The standard InChI is InChI=1S/C30H26N3/c1-18-9-11-23-24-17-22(31-2)10-12-25(24)33-26-16-21(19-7-5-4-6-8-19)15-20-13-14-32(3)30(28(20)26)27(18)29(23)33/h9-17,19H,4-8H2,1,3H3/q+1. The molecule has 0 aliphatic heterocycles. The van der Waals surface area contributed by atoms with Crippen LogP contribution in [0.3, 0.4) is 0 Å². The Labute approximate surface area is 193 Å². The molecule has 1 aliphatic rings. The molecule has 1 saturated carbocycles. The molecule has 0 atom stereocenters. The lowest BCUT2D eigenvalue weighted by molar-refractivity contribution is -0.643. The predicted molar refractivity (Wildman–Crippen MR) is 137 cm³/mol. The lowest BCUT2D eigenvalue weighted by Gasteiger charge is -2.23. The maximum absolute atomic E-state index is 7.55. The van der Waals surface area contributed by atoms with Crippen LogP contribution in [0, 0.1) is 13.5 Å². The van der Waals surface area contributed by atoms with Gasteiger partial charge < -0.3 is 4.40 Å². The molecule has 7 rings (SSSR count). The Morgan fingerprint density at radius 2 is 1.76 bits per heavy atom. The van der Waals surface area contributed by atoms with Crippen LogP contribution in [0.4, 0.5) is 5.69 Å². The zero-order valence-electron chi connectivity index (χ0n) is 19.2. The van der Waals surface area contributed by atoms with Crippen LogP contribution in [-0.4, -0.2) is 4.40 Å². The van der Waals surface area contributed by atoms with Crippen molar-refractivity contribution in [1.29, 1.82) is 0 Å². The molecule has 0 bridgehead atoms. The number of benzene rings is 3. The molecule has 0 amide bonds. The molecule has 0 unspecified atom stereocenters. The summed E-state index contributed by atoms with van der Waals surface area (Å²) in [6.45, 7) is 9.77. The van der Waals surface area contributed by atoms with Crippen molar-refractivity contribution < 1.29 is 4.57 Å². The monoisotopic (exact) mass is 428 g/mol. The first-order valence-electron chi connectivity index (χ1n) is 12.1. The molecule has 3 heterocycles. The van der Waals surface area contributed by atoms with Gasteiger partial charge in [0.05, 0.1) is 33.9 Å². The van der Waals surface area contributed by atoms with E-state index in [1.165, 1.54) is 92.2 Å². The molecule has 0 spiro atoms. The summed E-state index contributed by atoms with van der Waals surface area (Å²) in [4.78, 5) is 3.72. The van der Waals surface area contributed by atoms with Crippen LogP contribution in [0.25, 0.3) is 53.8 Å². The highest BCUT2D eigenvalue weighted by Gasteiger charge is 2.25. The van der Waals surface area contributed by atoms with Crippen molar-refractivity contribution in [1.82, 2.24) is 4.40 Å². The summed E-state index contributed by atoms with van der Waals surface area (Å²) in [5, 5.41) is 6.41. The Bertz CT molecular complexity index is 1770. The Kier molecular flexibility index (Phi) is 3.82. The highest BCUT2D eigenvalue weighted by molar-refractivity contribution is 6.26. The minimum absolute atomic E-state index is 0.654. The molecule has 1 aliphatic carbocycles. The normalized spacial score (nSPS) is 15.4. The van der Waals surface area contributed by atoms with Gasteiger partial charge in [-0.2, -0.15) is 0 Å². The molecular weight excluding hydrogens is 402 g/mol. The minimum Gasteiger partial charge on any atom is -0.308 e. The van der Waals surface area contributed by atoms with E-state index in [0.717, 1.165) is 0 Å².